The van der Waals surface area contributed by atoms with Gasteiger partial charge in [0.1, 0.15) is 5.75 Å². The van der Waals surface area contributed by atoms with Crippen LogP contribution >= 0.6 is 11.8 Å². The summed E-state index contributed by atoms with van der Waals surface area (Å²) in [5.74, 6) is 0.153. The van der Waals surface area contributed by atoms with E-state index in [-0.39, 0.29) is 0 Å². The first-order valence-corrected chi connectivity index (χ1v) is 4.49. The molecule has 3 nitrogen and oxygen atoms in total. The number of Topliss-reactive ketones (excluding diaryl/α,β-unsaturated/α-hetero) is 1. The van der Waals surface area contributed by atoms with E-state index < -0.39 is 10.9 Å². The molecular weight excluding hydrogens is 188 g/mol. The van der Waals surface area contributed by atoms with Crippen LogP contribution in [0, 0.1) is 0 Å². The number of benzene rings is 1. The summed E-state index contributed by atoms with van der Waals surface area (Å²) in [6, 6.07) is 5.07. The predicted octanol–water partition coefficient (Wildman–Crippen LogP) is 1.51. The molecule has 0 aliphatic carbocycles. The molecule has 0 radical (unpaired) electrons. The van der Waals surface area contributed by atoms with Crippen molar-refractivity contribution in [2.24, 2.45) is 0 Å². The van der Waals surface area contributed by atoms with Crippen LogP contribution in [0.25, 0.3) is 0 Å². The Morgan fingerprint density at radius 2 is 2.08 bits per heavy atom. The standard InChI is InChI=1S/C9H6O3S/c1-12-6-4-2-3-5-7(10)9(11)13-8(5)6/h2-4H,1H3. The number of rotatable bonds is 1. The molecule has 0 saturated carbocycles. The van der Waals surface area contributed by atoms with Gasteiger partial charge in [-0.15, -0.1) is 0 Å². The molecule has 0 amide bonds. The SMILES string of the molecule is COc1cccc2c1SC(=O)C2=O. The Labute approximate surface area is 79.1 Å². The van der Waals surface area contributed by atoms with Crippen molar-refractivity contribution in [3.8, 4) is 5.75 Å². The lowest BCUT2D eigenvalue weighted by molar-refractivity contribution is -0.107. The summed E-state index contributed by atoms with van der Waals surface area (Å²) in [5.41, 5.74) is 0.453. The molecule has 1 aliphatic heterocycles. The zero-order chi connectivity index (χ0) is 9.42. The van der Waals surface area contributed by atoms with Crippen molar-refractivity contribution in [1.82, 2.24) is 0 Å². The third-order valence-electron chi connectivity index (χ3n) is 1.82. The fourth-order valence-corrected chi connectivity index (χ4v) is 2.12. The van der Waals surface area contributed by atoms with Crippen LogP contribution in [0.15, 0.2) is 23.1 Å². The first-order chi connectivity index (χ1) is 6.24. The summed E-state index contributed by atoms with van der Waals surface area (Å²) >= 11 is 0.937. The number of carbonyl (C=O) groups excluding carboxylic acids is 2. The van der Waals surface area contributed by atoms with Gasteiger partial charge in [0.05, 0.1) is 12.0 Å². The Balaban J connectivity index is 2.62. The van der Waals surface area contributed by atoms with E-state index in [1.807, 2.05) is 0 Å². The maximum absolute atomic E-state index is 11.2. The van der Waals surface area contributed by atoms with E-state index in [0.717, 1.165) is 11.8 Å². The molecule has 1 heterocycles. The summed E-state index contributed by atoms with van der Waals surface area (Å²) < 4.78 is 5.03. The quantitative estimate of drug-likeness (QED) is 0.635. The molecule has 1 aromatic carbocycles. The molecule has 1 aliphatic rings. The minimum absolute atomic E-state index is 0.431. The molecule has 1 aromatic rings. The molecule has 13 heavy (non-hydrogen) atoms. The van der Waals surface area contributed by atoms with Crippen LogP contribution in [0.1, 0.15) is 10.4 Å². The Morgan fingerprint density at radius 3 is 2.77 bits per heavy atom. The molecule has 0 N–H and O–H groups in total. The summed E-state index contributed by atoms with van der Waals surface area (Å²) in [6.07, 6.45) is 0. The number of ether oxygens (including phenoxy) is 1. The molecule has 0 fully saturated rings. The van der Waals surface area contributed by atoms with Crippen LogP contribution in [0.5, 0.6) is 5.75 Å². The van der Waals surface area contributed by atoms with E-state index in [4.69, 9.17) is 4.74 Å². The second-order valence-electron chi connectivity index (χ2n) is 2.56. The third-order valence-corrected chi connectivity index (χ3v) is 2.82. The number of fused-ring (bicyclic) bond motifs is 1. The van der Waals surface area contributed by atoms with Gasteiger partial charge in [0, 0.05) is 5.56 Å². The Morgan fingerprint density at radius 1 is 1.31 bits per heavy atom. The maximum Gasteiger partial charge on any atom is 0.264 e. The molecule has 0 spiro atoms. The van der Waals surface area contributed by atoms with E-state index in [1.165, 1.54) is 7.11 Å². The average Bonchev–Trinajstić information content (AvgIpc) is 2.43. The number of hydrogen-bond acceptors (Lipinski definition) is 4. The highest BCUT2D eigenvalue weighted by atomic mass is 32.2. The number of thioether (sulfide) groups is 1. The van der Waals surface area contributed by atoms with Crippen molar-refractivity contribution in [3.05, 3.63) is 23.8 Å². The largest absolute Gasteiger partial charge is 0.496 e. The van der Waals surface area contributed by atoms with Crippen molar-refractivity contribution in [2.75, 3.05) is 7.11 Å². The summed E-state index contributed by atoms with van der Waals surface area (Å²) in [5, 5.41) is -0.431. The van der Waals surface area contributed by atoms with Crippen LogP contribution in [0.4, 0.5) is 0 Å². The minimum Gasteiger partial charge on any atom is -0.496 e. The topological polar surface area (TPSA) is 43.4 Å². The van der Waals surface area contributed by atoms with E-state index in [9.17, 15) is 9.59 Å². The zero-order valence-electron chi connectivity index (χ0n) is 6.87. The van der Waals surface area contributed by atoms with Gasteiger partial charge in [0.2, 0.25) is 5.78 Å². The van der Waals surface area contributed by atoms with E-state index >= 15 is 0 Å². The fourth-order valence-electron chi connectivity index (χ4n) is 1.21. The van der Waals surface area contributed by atoms with Crippen molar-refractivity contribution in [2.45, 2.75) is 4.90 Å². The fraction of sp³-hybridized carbons (Fsp3) is 0.111. The molecule has 0 bridgehead atoms. The molecule has 4 heteroatoms. The maximum atomic E-state index is 11.2. The van der Waals surface area contributed by atoms with Crippen LogP contribution in [0.3, 0.4) is 0 Å². The van der Waals surface area contributed by atoms with Gasteiger partial charge in [-0.25, -0.2) is 0 Å². The number of ketones is 1. The highest BCUT2D eigenvalue weighted by Gasteiger charge is 2.31. The highest BCUT2D eigenvalue weighted by molar-refractivity contribution is 8.16. The van der Waals surface area contributed by atoms with Crippen LogP contribution < -0.4 is 4.74 Å². The van der Waals surface area contributed by atoms with Gasteiger partial charge in [-0.3, -0.25) is 9.59 Å². The van der Waals surface area contributed by atoms with Crippen molar-refractivity contribution in [3.63, 3.8) is 0 Å². The molecule has 0 unspecified atom stereocenters. The van der Waals surface area contributed by atoms with Gasteiger partial charge in [-0.1, -0.05) is 6.07 Å². The van der Waals surface area contributed by atoms with Gasteiger partial charge in [0.25, 0.3) is 5.12 Å². The summed E-state index contributed by atoms with van der Waals surface area (Å²) in [7, 11) is 1.52. The van der Waals surface area contributed by atoms with Crippen molar-refractivity contribution >= 4 is 22.7 Å². The Hall–Kier alpha value is -1.29. The zero-order valence-corrected chi connectivity index (χ0v) is 7.68. The van der Waals surface area contributed by atoms with Gasteiger partial charge in [-0.05, 0) is 23.9 Å². The van der Waals surface area contributed by atoms with E-state index in [0.29, 0.717) is 16.2 Å². The molecule has 0 aromatic heterocycles. The lowest BCUT2D eigenvalue weighted by Gasteiger charge is -2.02. The number of carbonyl (C=O) groups is 2. The van der Waals surface area contributed by atoms with Crippen LogP contribution in [-0.2, 0) is 4.79 Å². The highest BCUT2D eigenvalue weighted by Crippen LogP contribution is 2.39. The minimum atomic E-state index is -0.432. The van der Waals surface area contributed by atoms with Crippen molar-refractivity contribution in [1.29, 1.82) is 0 Å². The lowest BCUT2D eigenvalue weighted by atomic mass is 10.1. The first-order valence-electron chi connectivity index (χ1n) is 3.67. The second kappa shape index (κ2) is 2.88. The van der Waals surface area contributed by atoms with E-state index in [2.05, 4.69) is 0 Å². The number of methoxy groups -OCH3 is 1. The van der Waals surface area contributed by atoms with Gasteiger partial charge in [0.15, 0.2) is 0 Å². The predicted molar refractivity (Wildman–Crippen MR) is 48.2 cm³/mol. The summed E-state index contributed by atoms with van der Waals surface area (Å²) in [4.78, 5) is 22.9. The Bertz CT molecular complexity index is 398. The molecule has 0 saturated heterocycles. The average molecular weight is 194 g/mol. The summed E-state index contributed by atoms with van der Waals surface area (Å²) in [6.45, 7) is 0. The van der Waals surface area contributed by atoms with E-state index in [1.54, 1.807) is 18.2 Å². The number of hydrogen-bond donors (Lipinski definition) is 0. The van der Waals surface area contributed by atoms with Crippen LogP contribution in [0.2, 0.25) is 0 Å². The first kappa shape index (κ1) is 8.31. The molecular formula is C9H6O3S. The van der Waals surface area contributed by atoms with Crippen LogP contribution in [-0.4, -0.2) is 18.0 Å². The lowest BCUT2D eigenvalue weighted by Crippen LogP contribution is -2.01. The van der Waals surface area contributed by atoms with Gasteiger partial charge in [-0.2, -0.15) is 0 Å². The second-order valence-corrected chi connectivity index (χ2v) is 3.54. The molecule has 0 atom stereocenters. The molecule has 66 valence electrons. The van der Waals surface area contributed by atoms with Gasteiger partial charge >= 0.3 is 0 Å². The Kier molecular flexibility index (Phi) is 1.84. The third kappa shape index (κ3) is 1.14. The monoisotopic (exact) mass is 194 g/mol. The van der Waals surface area contributed by atoms with Gasteiger partial charge < -0.3 is 4.74 Å². The molecule has 2 rings (SSSR count). The normalized spacial score (nSPS) is 14.5. The van der Waals surface area contributed by atoms with Crippen molar-refractivity contribution < 1.29 is 14.3 Å². The smallest absolute Gasteiger partial charge is 0.264 e.